The molecule has 120 valence electrons. The monoisotopic (exact) mass is 313 g/mol. The van der Waals surface area contributed by atoms with Crippen molar-refractivity contribution < 1.29 is 18.1 Å². The molecule has 0 spiro atoms. The van der Waals surface area contributed by atoms with Gasteiger partial charge in [-0.25, -0.2) is 0 Å². The van der Waals surface area contributed by atoms with E-state index in [4.69, 9.17) is 13.3 Å². The molecule has 0 radical (unpaired) electrons. The van der Waals surface area contributed by atoms with Gasteiger partial charge in [0, 0.05) is 40.3 Å². The molecule has 5 nitrogen and oxygen atoms in total. The minimum atomic E-state index is -2.50. The van der Waals surface area contributed by atoms with Crippen LogP contribution in [-0.4, -0.2) is 42.6 Å². The van der Waals surface area contributed by atoms with Crippen molar-refractivity contribution >= 4 is 14.7 Å². The number of rotatable bonds is 9. The van der Waals surface area contributed by atoms with E-state index in [0.717, 1.165) is 12.3 Å². The Bertz CT molecular complexity index is 376. The van der Waals surface area contributed by atoms with E-state index >= 15 is 0 Å². The Kier molecular flexibility index (Phi) is 5.98. The fourth-order valence-corrected chi connectivity index (χ4v) is 5.25. The van der Waals surface area contributed by atoms with Crippen molar-refractivity contribution in [1.29, 1.82) is 0 Å². The summed E-state index contributed by atoms with van der Waals surface area (Å²) in [4.78, 5) is 12.0. The van der Waals surface area contributed by atoms with Crippen LogP contribution in [-0.2, 0) is 18.1 Å². The van der Waals surface area contributed by atoms with E-state index in [1.165, 1.54) is 12.8 Å². The molecule has 2 aliphatic rings. The van der Waals surface area contributed by atoms with E-state index in [9.17, 15) is 4.79 Å². The minimum absolute atomic E-state index is 0.167. The van der Waals surface area contributed by atoms with Gasteiger partial charge in [-0.15, -0.1) is 0 Å². The van der Waals surface area contributed by atoms with Gasteiger partial charge in [-0.3, -0.25) is 4.79 Å². The molecule has 1 fully saturated rings. The molecule has 0 saturated heterocycles. The summed E-state index contributed by atoms with van der Waals surface area (Å²) in [5.41, 5.74) is 0. The van der Waals surface area contributed by atoms with E-state index < -0.39 is 8.80 Å². The number of fused-ring (bicyclic) bond motifs is 2. The van der Waals surface area contributed by atoms with Gasteiger partial charge in [0.1, 0.15) is 0 Å². The summed E-state index contributed by atoms with van der Waals surface area (Å²) in [6.45, 7) is 0.653. The first-order valence-corrected chi connectivity index (χ1v) is 9.66. The zero-order chi connectivity index (χ0) is 15.3. The van der Waals surface area contributed by atoms with Gasteiger partial charge in [0.2, 0.25) is 5.91 Å². The fourth-order valence-electron chi connectivity index (χ4n) is 3.53. The van der Waals surface area contributed by atoms with Crippen LogP contribution in [0.2, 0.25) is 6.04 Å². The molecule has 0 heterocycles. The molecule has 2 bridgehead atoms. The molecular formula is C15H27NO4Si. The second kappa shape index (κ2) is 7.53. The minimum Gasteiger partial charge on any atom is -0.377 e. The third-order valence-electron chi connectivity index (χ3n) is 4.78. The predicted octanol–water partition coefficient (Wildman–Crippen LogP) is 1.97. The van der Waals surface area contributed by atoms with E-state index in [1.807, 2.05) is 0 Å². The molecule has 0 aliphatic heterocycles. The zero-order valence-electron chi connectivity index (χ0n) is 13.3. The van der Waals surface area contributed by atoms with Crippen molar-refractivity contribution in [3.8, 4) is 0 Å². The van der Waals surface area contributed by atoms with Crippen molar-refractivity contribution in [1.82, 2.24) is 5.32 Å². The van der Waals surface area contributed by atoms with Crippen molar-refractivity contribution in [2.45, 2.75) is 31.7 Å². The largest absolute Gasteiger partial charge is 0.500 e. The average molecular weight is 313 g/mol. The maximum atomic E-state index is 12.0. The number of hydrogen-bond donors (Lipinski definition) is 1. The number of nitrogens with one attached hydrogen (secondary N) is 1. The van der Waals surface area contributed by atoms with Crippen LogP contribution < -0.4 is 5.32 Å². The molecule has 3 atom stereocenters. The van der Waals surface area contributed by atoms with Gasteiger partial charge < -0.3 is 18.6 Å². The molecule has 0 aromatic carbocycles. The molecule has 21 heavy (non-hydrogen) atoms. The topological polar surface area (TPSA) is 56.8 Å². The first-order chi connectivity index (χ1) is 10.1. The first kappa shape index (κ1) is 16.7. The summed E-state index contributed by atoms with van der Waals surface area (Å²) >= 11 is 0. The Labute approximate surface area is 128 Å². The van der Waals surface area contributed by atoms with Crippen LogP contribution >= 0.6 is 0 Å². The highest BCUT2D eigenvalue weighted by atomic mass is 28.4. The summed E-state index contributed by atoms with van der Waals surface area (Å²) in [5, 5.41) is 3.01. The SMILES string of the molecule is CO[Si](CCCNC(=O)CC1CC2C=CC1C2)(OC)OC. The van der Waals surface area contributed by atoms with Gasteiger partial charge in [-0.2, -0.15) is 0 Å². The van der Waals surface area contributed by atoms with Gasteiger partial charge in [0.05, 0.1) is 0 Å². The highest BCUT2D eigenvalue weighted by Crippen LogP contribution is 2.44. The maximum Gasteiger partial charge on any atom is 0.500 e. The van der Waals surface area contributed by atoms with Crippen molar-refractivity contribution in [3.63, 3.8) is 0 Å². The molecule has 1 N–H and O–H groups in total. The Morgan fingerprint density at radius 3 is 2.43 bits per heavy atom. The van der Waals surface area contributed by atoms with Crippen molar-refractivity contribution in [3.05, 3.63) is 12.2 Å². The summed E-state index contributed by atoms with van der Waals surface area (Å²) in [7, 11) is 2.34. The molecule has 0 aromatic heterocycles. The van der Waals surface area contributed by atoms with Gasteiger partial charge >= 0.3 is 8.80 Å². The standard InChI is InChI=1S/C15H27NO4Si/c1-18-21(19-2,20-3)8-4-7-16-15(17)11-14-10-12-5-6-13(14)9-12/h5-6,12-14H,4,7-11H2,1-3H3,(H,16,17). The highest BCUT2D eigenvalue weighted by Gasteiger charge is 2.37. The smallest absolute Gasteiger partial charge is 0.377 e. The molecule has 1 saturated carbocycles. The van der Waals surface area contributed by atoms with Crippen LogP contribution in [0.25, 0.3) is 0 Å². The van der Waals surface area contributed by atoms with E-state index in [0.29, 0.717) is 30.8 Å². The Hall–Kier alpha value is -0.693. The summed E-state index contributed by atoms with van der Waals surface area (Å²) in [6, 6.07) is 0.716. The number of carbonyl (C=O) groups excluding carboxylic acids is 1. The molecule has 0 aromatic rings. The number of carbonyl (C=O) groups is 1. The van der Waals surface area contributed by atoms with E-state index in [-0.39, 0.29) is 5.91 Å². The zero-order valence-corrected chi connectivity index (χ0v) is 14.3. The summed E-state index contributed by atoms with van der Waals surface area (Å²) in [5.74, 6) is 2.08. The average Bonchev–Trinajstić information content (AvgIpc) is 3.11. The second-order valence-corrected chi connectivity index (χ2v) is 9.08. The third-order valence-corrected chi connectivity index (χ3v) is 7.61. The van der Waals surface area contributed by atoms with Crippen LogP contribution in [0, 0.1) is 17.8 Å². The number of amides is 1. The summed E-state index contributed by atoms with van der Waals surface area (Å²) < 4.78 is 16.1. The van der Waals surface area contributed by atoms with Crippen LogP contribution in [0.15, 0.2) is 12.2 Å². The van der Waals surface area contributed by atoms with E-state index in [1.54, 1.807) is 21.3 Å². The van der Waals surface area contributed by atoms with E-state index in [2.05, 4.69) is 17.5 Å². The quantitative estimate of drug-likeness (QED) is 0.402. The van der Waals surface area contributed by atoms with Crippen molar-refractivity contribution in [2.24, 2.45) is 17.8 Å². The fraction of sp³-hybridized carbons (Fsp3) is 0.800. The molecule has 1 amide bonds. The molecule has 6 heteroatoms. The van der Waals surface area contributed by atoms with Crippen LogP contribution in [0.4, 0.5) is 0 Å². The molecular weight excluding hydrogens is 286 g/mol. The second-order valence-electron chi connectivity index (χ2n) is 5.99. The Morgan fingerprint density at radius 1 is 1.19 bits per heavy atom. The Balaban J connectivity index is 1.62. The molecule has 2 aliphatic carbocycles. The lowest BCUT2D eigenvalue weighted by molar-refractivity contribution is -0.122. The number of hydrogen-bond acceptors (Lipinski definition) is 4. The lowest BCUT2D eigenvalue weighted by atomic mass is 9.90. The molecule has 2 rings (SSSR count). The van der Waals surface area contributed by atoms with Gasteiger partial charge in [-0.1, -0.05) is 12.2 Å². The van der Waals surface area contributed by atoms with Crippen LogP contribution in [0.5, 0.6) is 0 Å². The normalized spacial score (nSPS) is 27.3. The third kappa shape index (κ3) is 4.16. The van der Waals surface area contributed by atoms with Crippen LogP contribution in [0.1, 0.15) is 25.7 Å². The first-order valence-electron chi connectivity index (χ1n) is 7.73. The van der Waals surface area contributed by atoms with Crippen LogP contribution in [0.3, 0.4) is 0 Å². The highest BCUT2D eigenvalue weighted by molar-refractivity contribution is 6.60. The molecule has 3 unspecified atom stereocenters. The lowest BCUT2D eigenvalue weighted by Gasteiger charge is -2.24. The number of allylic oxidation sites excluding steroid dienone is 2. The van der Waals surface area contributed by atoms with Gasteiger partial charge in [0.15, 0.2) is 0 Å². The van der Waals surface area contributed by atoms with Gasteiger partial charge in [0.25, 0.3) is 0 Å². The van der Waals surface area contributed by atoms with Gasteiger partial charge in [-0.05, 0) is 37.0 Å². The maximum absolute atomic E-state index is 12.0. The van der Waals surface area contributed by atoms with Crippen molar-refractivity contribution in [2.75, 3.05) is 27.9 Å². The Morgan fingerprint density at radius 2 is 1.90 bits per heavy atom. The lowest BCUT2D eigenvalue weighted by Crippen LogP contribution is -2.43. The summed E-state index contributed by atoms with van der Waals surface area (Å²) in [6.07, 6.45) is 8.51. The predicted molar refractivity (Wildman–Crippen MR) is 82.7 cm³/mol.